The fraction of sp³-hybridized carbons (Fsp3) is 0.278. The predicted octanol–water partition coefficient (Wildman–Crippen LogP) is 4.17. The molecule has 0 heterocycles. The first-order valence-corrected chi connectivity index (χ1v) is 7.36. The molecule has 0 radical (unpaired) electrons. The van der Waals surface area contributed by atoms with E-state index < -0.39 is 0 Å². The molecule has 0 aromatic heterocycles. The van der Waals surface area contributed by atoms with Gasteiger partial charge in [0.1, 0.15) is 0 Å². The van der Waals surface area contributed by atoms with Crippen LogP contribution in [0.1, 0.15) is 41.3 Å². The molecule has 1 amide bonds. The van der Waals surface area contributed by atoms with Gasteiger partial charge in [-0.2, -0.15) is 0 Å². The molecule has 0 aliphatic heterocycles. The van der Waals surface area contributed by atoms with Crippen LogP contribution in [-0.4, -0.2) is 5.91 Å². The highest BCUT2D eigenvalue weighted by Gasteiger charge is 2.09. The molecule has 0 saturated carbocycles. The topological polar surface area (TPSA) is 55.1 Å². The summed E-state index contributed by atoms with van der Waals surface area (Å²) in [4.78, 5) is 12.3. The van der Waals surface area contributed by atoms with Crippen LogP contribution in [0.15, 0.2) is 42.5 Å². The minimum absolute atomic E-state index is 0.103. The molecule has 3 nitrogen and oxygen atoms in total. The van der Waals surface area contributed by atoms with Crippen LogP contribution < -0.4 is 11.1 Å². The van der Waals surface area contributed by atoms with Crippen molar-refractivity contribution in [1.82, 2.24) is 0 Å². The van der Waals surface area contributed by atoms with Crippen molar-refractivity contribution in [3.05, 3.63) is 59.2 Å². The lowest BCUT2D eigenvalue weighted by Crippen LogP contribution is -2.13. The molecular formula is C18H22N2O. The Bertz CT molecular complexity index is 618. The Kier molecular flexibility index (Phi) is 4.99. The van der Waals surface area contributed by atoms with Crippen LogP contribution in [0.4, 0.5) is 11.4 Å². The average molecular weight is 282 g/mol. The van der Waals surface area contributed by atoms with E-state index in [9.17, 15) is 4.79 Å². The molecular weight excluding hydrogens is 260 g/mol. The van der Waals surface area contributed by atoms with Crippen molar-refractivity contribution in [1.29, 1.82) is 0 Å². The molecule has 0 spiro atoms. The van der Waals surface area contributed by atoms with Crippen molar-refractivity contribution in [2.75, 3.05) is 11.1 Å². The number of anilines is 2. The zero-order chi connectivity index (χ0) is 15.2. The maximum atomic E-state index is 12.3. The van der Waals surface area contributed by atoms with Gasteiger partial charge in [-0.1, -0.05) is 25.5 Å². The van der Waals surface area contributed by atoms with Gasteiger partial charge in [0.25, 0.3) is 5.91 Å². The van der Waals surface area contributed by atoms with Gasteiger partial charge in [0.15, 0.2) is 0 Å². The molecule has 3 heteroatoms. The predicted molar refractivity (Wildman–Crippen MR) is 88.6 cm³/mol. The SMILES string of the molecule is CCCCc1ccc(NC(=O)c2ccc(N)cc2C)cc1. The number of amides is 1. The number of unbranched alkanes of at least 4 members (excludes halogenated alkanes) is 1. The Morgan fingerprint density at radius 2 is 1.86 bits per heavy atom. The van der Waals surface area contributed by atoms with E-state index >= 15 is 0 Å². The average Bonchev–Trinajstić information content (AvgIpc) is 2.46. The highest BCUT2D eigenvalue weighted by molar-refractivity contribution is 6.05. The molecule has 2 rings (SSSR count). The van der Waals surface area contributed by atoms with Crippen LogP contribution in [0.5, 0.6) is 0 Å². The lowest BCUT2D eigenvalue weighted by molar-refractivity contribution is 0.102. The van der Waals surface area contributed by atoms with Crippen molar-refractivity contribution in [2.24, 2.45) is 0 Å². The summed E-state index contributed by atoms with van der Waals surface area (Å²) < 4.78 is 0. The first-order chi connectivity index (χ1) is 10.1. The third-order valence-corrected chi connectivity index (χ3v) is 3.53. The third-order valence-electron chi connectivity index (χ3n) is 3.53. The van der Waals surface area contributed by atoms with Gasteiger partial charge in [-0.3, -0.25) is 4.79 Å². The molecule has 0 saturated heterocycles. The van der Waals surface area contributed by atoms with Crippen molar-refractivity contribution >= 4 is 17.3 Å². The minimum Gasteiger partial charge on any atom is -0.399 e. The van der Waals surface area contributed by atoms with Crippen LogP contribution in [0.3, 0.4) is 0 Å². The number of nitrogens with two attached hydrogens (primary N) is 1. The summed E-state index contributed by atoms with van der Waals surface area (Å²) in [7, 11) is 0. The quantitative estimate of drug-likeness (QED) is 0.809. The van der Waals surface area contributed by atoms with E-state index in [0.29, 0.717) is 11.3 Å². The Morgan fingerprint density at radius 1 is 1.14 bits per heavy atom. The molecule has 0 aliphatic rings. The second kappa shape index (κ2) is 6.93. The van der Waals surface area contributed by atoms with Gasteiger partial charge in [-0.15, -0.1) is 0 Å². The second-order valence-electron chi connectivity index (χ2n) is 5.33. The Hall–Kier alpha value is -2.29. The highest BCUT2D eigenvalue weighted by Crippen LogP contribution is 2.16. The van der Waals surface area contributed by atoms with Gasteiger partial charge in [-0.25, -0.2) is 0 Å². The zero-order valence-electron chi connectivity index (χ0n) is 12.6. The number of hydrogen-bond donors (Lipinski definition) is 2. The first-order valence-electron chi connectivity index (χ1n) is 7.36. The number of nitrogens with one attached hydrogen (secondary N) is 1. The summed E-state index contributed by atoms with van der Waals surface area (Å²) in [5.74, 6) is -0.103. The van der Waals surface area contributed by atoms with E-state index in [0.717, 1.165) is 17.7 Å². The van der Waals surface area contributed by atoms with Gasteiger partial charge in [0.05, 0.1) is 0 Å². The lowest BCUT2D eigenvalue weighted by Gasteiger charge is -2.09. The standard InChI is InChI=1S/C18H22N2O/c1-3-4-5-14-6-9-16(10-7-14)20-18(21)17-11-8-15(19)12-13(17)2/h6-12H,3-5,19H2,1-2H3,(H,20,21). The number of aryl methyl sites for hydroxylation is 2. The van der Waals surface area contributed by atoms with E-state index in [1.54, 1.807) is 12.1 Å². The monoisotopic (exact) mass is 282 g/mol. The first kappa shape index (κ1) is 15.1. The van der Waals surface area contributed by atoms with E-state index in [2.05, 4.69) is 24.4 Å². The van der Waals surface area contributed by atoms with Gasteiger partial charge in [-0.05, 0) is 61.2 Å². The van der Waals surface area contributed by atoms with Crippen molar-refractivity contribution in [3.63, 3.8) is 0 Å². The van der Waals surface area contributed by atoms with E-state index in [4.69, 9.17) is 5.73 Å². The molecule has 21 heavy (non-hydrogen) atoms. The fourth-order valence-corrected chi connectivity index (χ4v) is 2.28. The molecule has 0 bridgehead atoms. The summed E-state index contributed by atoms with van der Waals surface area (Å²) in [6.45, 7) is 4.07. The number of rotatable bonds is 5. The molecule has 110 valence electrons. The summed E-state index contributed by atoms with van der Waals surface area (Å²) in [5, 5.41) is 2.92. The summed E-state index contributed by atoms with van der Waals surface area (Å²) in [5.41, 5.74) is 10.0. The number of nitrogen functional groups attached to an aromatic ring is 1. The number of hydrogen-bond acceptors (Lipinski definition) is 2. The van der Waals surface area contributed by atoms with Gasteiger partial charge in [0, 0.05) is 16.9 Å². The highest BCUT2D eigenvalue weighted by atomic mass is 16.1. The largest absolute Gasteiger partial charge is 0.399 e. The second-order valence-corrected chi connectivity index (χ2v) is 5.33. The van der Waals surface area contributed by atoms with Crippen LogP contribution in [0.2, 0.25) is 0 Å². The molecule has 3 N–H and O–H groups in total. The van der Waals surface area contributed by atoms with E-state index in [1.807, 2.05) is 25.1 Å². The van der Waals surface area contributed by atoms with Crippen molar-refractivity contribution in [2.45, 2.75) is 33.1 Å². The lowest BCUT2D eigenvalue weighted by atomic mass is 10.1. The normalized spacial score (nSPS) is 10.4. The van der Waals surface area contributed by atoms with Crippen LogP contribution >= 0.6 is 0 Å². The van der Waals surface area contributed by atoms with Gasteiger partial charge in [0.2, 0.25) is 0 Å². The molecule has 0 fully saturated rings. The van der Waals surface area contributed by atoms with Crippen molar-refractivity contribution in [3.8, 4) is 0 Å². The van der Waals surface area contributed by atoms with Crippen molar-refractivity contribution < 1.29 is 4.79 Å². The summed E-state index contributed by atoms with van der Waals surface area (Å²) >= 11 is 0. The number of benzene rings is 2. The Morgan fingerprint density at radius 3 is 2.48 bits per heavy atom. The molecule has 0 aliphatic carbocycles. The summed E-state index contributed by atoms with van der Waals surface area (Å²) in [6.07, 6.45) is 3.47. The molecule has 0 atom stereocenters. The maximum absolute atomic E-state index is 12.3. The van der Waals surface area contributed by atoms with E-state index in [-0.39, 0.29) is 5.91 Å². The van der Waals surface area contributed by atoms with Gasteiger partial charge >= 0.3 is 0 Å². The minimum atomic E-state index is -0.103. The number of carbonyl (C=O) groups excluding carboxylic acids is 1. The molecule has 0 unspecified atom stereocenters. The summed E-state index contributed by atoms with van der Waals surface area (Å²) in [6, 6.07) is 13.4. The zero-order valence-corrected chi connectivity index (χ0v) is 12.6. The maximum Gasteiger partial charge on any atom is 0.255 e. The fourth-order valence-electron chi connectivity index (χ4n) is 2.28. The smallest absolute Gasteiger partial charge is 0.255 e. The van der Waals surface area contributed by atoms with Crippen LogP contribution in [-0.2, 0) is 6.42 Å². The Balaban J connectivity index is 2.05. The molecule has 2 aromatic rings. The Labute approximate surface area is 126 Å². The molecule has 2 aromatic carbocycles. The third kappa shape index (κ3) is 4.09. The van der Waals surface area contributed by atoms with Gasteiger partial charge < -0.3 is 11.1 Å². The number of carbonyl (C=O) groups is 1. The van der Waals surface area contributed by atoms with Crippen LogP contribution in [0, 0.1) is 6.92 Å². The van der Waals surface area contributed by atoms with E-state index in [1.165, 1.54) is 18.4 Å². The van der Waals surface area contributed by atoms with Crippen LogP contribution in [0.25, 0.3) is 0 Å².